The molecular formula is C30H26F7N3O. The van der Waals surface area contributed by atoms with Crippen molar-refractivity contribution < 1.29 is 35.5 Å². The largest absolute Gasteiger partial charge is 0.416 e. The predicted molar refractivity (Wildman–Crippen MR) is 144 cm³/mol. The molecule has 0 heterocycles. The molecule has 0 spiro atoms. The molecule has 3 aromatic rings. The Bertz CT molecular complexity index is 1460. The number of amidine groups is 1. The molecule has 0 saturated heterocycles. The first kappa shape index (κ1) is 31.1. The lowest BCUT2D eigenvalue weighted by Gasteiger charge is -2.15. The molecular weight excluding hydrogens is 551 g/mol. The number of hydrogen-bond donors (Lipinski definition) is 2. The van der Waals surface area contributed by atoms with Crippen LogP contribution in [0.2, 0.25) is 0 Å². The monoisotopic (exact) mass is 577 g/mol. The van der Waals surface area contributed by atoms with Gasteiger partial charge in [0.25, 0.3) is 0 Å². The van der Waals surface area contributed by atoms with E-state index >= 15 is 0 Å². The van der Waals surface area contributed by atoms with Crippen LogP contribution in [0.1, 0.15) is 42.0 Å². The van der Waals surface area contributed by atoms with E-state index in [9.17, 15) is 35.5 Å². The van der Waals surface area contributed by atoms with Crippen LogP contribution in [0.3, 0.4) is 0 Å². The number of rotatable bonds is 8. The van der Waals surface area contributed by atoms with Crippen molar-refractivity contribution in [2.45, 2.75) is 32.1 Å². The summed E-state index contributed by atoms with van der Waals surface area (Å²) in [6, 6.07) is 14.3. The number of primary amides is 1. The summed E-state index contributed by atoms with van der Waals surface area (Å²) in [6.07, 6.45) is -6.64. The van der Waals surface area contributed by atoms with Crippen LogP contribution in [0.25, 0.3) is 16.7 Å². The van der Waals surface area contributed by atoms with Crippen molar-refractivity contribution in [3.63, 3.8) is 0 Å². The average Bonchev–Trinajstić information content (AvgIpc) is 2.91. The summed E-state index contributed by atoms with van der Waals surface area (Å²) in [6.45, 7) is 1.76. The molecule has 0 fully saturated rings. The molecule has 11 heteroatoms. The molecule has 0 aliphatic rings. The highest BCUT2D eigenvalue weighted by atomic mass is 19.4. The van der Waals surface area contributed by atoms with E-state index in [-0.39, 0.29) is 29.5 Å². The molecule has 0 bridgehead atoms. The van der Waals surface area contributed by atoms with Gasteiger partial charge in [0.2, 0.25) is 5.91 Å². The standard InChI is InChI=1S/C30H26F7N3O/c1-3-18(17-40-28(39-2)21-13-22(29(32,33)34)16-23(14-21)30(35,36)37)9-11-25(27(38)41)20-10-12-24(26(31)15-20)19-7-5-4-6-8-19/h4-8,10-17H,3,9H2,1-2H3,(H2,38,41)(H,39,40). The number of hydrogen-bond acceptors (Lipinski definition) is 2. The van der Waals surface area contributed by atoms with E-state index < -0.39 is 40.8 Å². The Morgan fingerprint density at radius 2 is 1.51 bits per heavy atom. The maximum atomic E-state index is 14.9. The van der Waals surface area contributed by atoms with E-state index in [0.29, 0.717) is 35.3 Å². The smallest absolute Gasteiger partial charge is 0.366 e. The van der Waals surface area contributed by atoms with E-state index in [0.717, 1.165) is 0 Å². The summed E-state index contributed by atoms with van der Waals surface area (Å²) in [5.74, 6) is -1.60. The molecule has 3 N–H and O–H groups in total. The van der Waals surface area contributed by atoms with Crippen molar-refractivity contribution in [3.8, 4) is 11.1 Å². The molecule has 4 nitrogen and oxygen atoms in total. The van der Waals surface area contributed by atoms with E-state index in [1.807, 2.05) is 0 Å². The second-order valence-corrected chi connectivity index (χ2v) is 8.91. The van der Waals surface area contributed by atoms with Crippen molar-refractivity contribution >= 4 is 17.3 Å². The third kappa shape index (κ3) is 8.06. The van der Waals surface area contributed by atoms with Gasteiger partial charge >= 0.3 is 12.4 Å². The third-order valence-corrected chi connectivity index (χ3v) is 6.15. The van der Waals surface area contributed by atoms with Gasteiger partial charge in [-0.2, -0.15) is 26.3 Å². The van der Waals surface area contributed by atoms with Crippen molar-refractivity contribution in [2.24, 2.45) is 10.7 Å². The molecule has 0 saturated carbocycles. The van der Waals surface area contributed by atoms with E-state index in [2.05, 4.69) is 10.3 Å². The number of carbonyl (C=O) groups is 1. The number of nitrogens with one attached hydrogen (secondary N) is 1. The lowest BCUT2D eigenvalue weighted by Crippen LogP contribution is -2.22. The zero-order valence-electron chi connectivity index (χ0n) is 22.0. The molecule has 3 aromatic carbocycles. The van der Waals surface area contributed by atoms with Crippen LogP contribution >= 0.6 is 0 Å². The zero-order chi connectivity index (χ0) is 30.4. The number of nitrogens with zero attached hydrogens (tertiary/aromatic N) is 1. The number of halogens is 7. The predicted octanol–water partition coefficient (Wildman–Crippen LogP) is 7.75. The van der Waals surface area contributed by atoms with Crippen LogP contribution in [0.4, 0.5) is 30.7 Å². The highest BCUT2D eigenvalue weighted by Crippen LogP contribution is 2.36. The first-order valence-corrected chi connectivity index (χ1v) is 12.3. The summed E-state index contributed by atoms with van der Waals surface area (Å²) in [7, 11) is 1.22. The Kier molecular flexibility index (Phi) is 9.75. The Balaban J connectivity index is 1.88. The van der Waals surface area contributed by atoms with E-state index in [1.54, 1.807) is 43.3 Å². The van der Waals surface area contributed by atoms with E-state index in [1.165, 1.54) is 31.5 Å². The van der Waals surface area contributed by atoms with Crippen LogP contribution in [-0.2, 0) is 17.1 Å². The summed E-state index contributed by atoms with van der Waals surface area (Å²) < 4.78 is 94.6. The number of amides is 1. The number of benzene rings is 3. The summed E-state index contributed by atoms with van der Waals surface area (Å²) >= 11 is 0. The molecule has 0 aromatic heterocycles. The average molecular weight is 578 g/mol. The van der Waals surface area contributed by atoms with Crippen molar-refractivity contribution in [2.75, 3.05) is 7.05 Å². The molecule has 0 unspecified atom stereocenters. The summed E-state index contributed by atoms with van der Waals surface area (Å²) in [4.78, 5) is 16.0. The van der Waals surface area contributed by atoms with Crippen LogP contribution in [0.5, 0.6) is 0 Å². The van der Waals surface area contributed by atoms with Gasteiger partial charge in [0.15, 0.2) is 0 Å². The van der Waals surface area contributed by atoms with Gasteiger partial charge in [0.05, 0.1) is 11.1 Å². The lowest BCUT2D eigenvalue weighted by molar-refractivity contribution is -0.143. The van der Waals surface area contributed by atoms with Gasteiger partial charge in [0, 0.05) is 29.9 Å². The molecule has 41 heavy (non-hydrogen) atoms. The second-order valence-electron chi connectivity index (χ2n) is 8.91. The van der Waals surface area contributed by atoms with Crippen LogP contribution in [0, 0.1) is 5.82 Å². The zero-order valence-corrected chi connectivity index (χ0v) is 22.0. The fourth-order valence-corrected chi connectivity index (χ4v) is 3.97. The van der Waals surface area contributed by atoms with Gasteiger partial charge < -0.3 is 11.1 Å². The Morgan fingerprint density at radius 3 is 2.00 bits per heavy atom. The fraction of sp³-hybridized carbons (Fsp3) is 0.200. The maximum Gasteiger partial charge on any atom is 0.416 e. The Hall–Kier alpha value is -4.41. The number of alkyl halides is 6. The minimum absolute atomic E-state index is 0.0372. The summed E-state index contributed by atoms with van der Waals surface area (Å²) in [5, 5.41) is 2.67. The molecule has 3 rings (SSSR count). The SMILES string of the molecule is CCC(=CNC(=NC)c1cc(C(F)(F)F)cc(C(F)(F)F)c1)CC=C(C(N)=O)c1ccc(-c2ccccc2)c(F)c1. The van der Waals surface area contributed by atoms with Gasteiger partial charge in [-0.1, -0.05) is 61.0 Å². The minimum atomic E-state index is -5.01. The first-order chi connectivity index (χ1) is 19.2. The van der Waals surface area contributed by atoms with Gasteiger partial charge in [0.1, 0.15) is 11.7 Å². The van der Waals surface area contributed by atoms with Gasteiger partial charge in [-0.15, -0.1) is 0 Å². The fourth-order valence-electron chi connectivity index (χ4n) is 3.97. The van der Waals surface area contributed by atoms with Crippen molar-refractivity contribution in [1.29, 1.82) is 0 Å². The molecule has 0 atom stereocenters. The first-order valence-electron chi connectivity index (χ1n) is 12.3. The molecule has 0 aliphatic heterocycles. The maximum absolute atomic E-state index is 14.9. The normalized spacial score (nSPS) is 13.3. The lowest BCUT2D eigenvalue weighted by atomic mass is 9.97. The minimum Gasteiger partial charge on any atom is -0.366 e. The second kappa shape index (κ2) is 12.8. The number of nitrogens with two attached hydrogens (primary N) is 1. The van der Waals surface area contributed by atoms with Gasteiger partial charge in [-0.05, 0) is 48.2 Å². The highest BCUT2D eigenvalue weighted by molar-refractivity contribution is 6.18. The molecule has 0 aliphatic carbocycles. The number of aliphatic imine (C=N–C) groups is 1. The number of allylic oxidation sites excluding steroid dienone is 2. The highest BCUT2D eigenvalue weighted by Gasteiger charge is 2.37. The van der Waals surface area contributed by atoms with Crippen LogP contribution < -0.4 is 11.1 Å². The van der Waals surface area contributed by atoms with E-state index in [4.69, 9.17) is 5.73 Å². The van der Waals surface area contributed by atoms with Crippen LogP contribution in [-0.4, -0.2) is 18.8 Å². The molecule has 0 radical (unpaired) electrons. The number of carbonyl (C=O) groups excluding carboxylic acids is 1. The Morgan fingerprint density at radius 1 is 0.902 bits per heavy atom. The topological polar surface area (TPSA) is 67.5 Å². The Labute approximate surface area is 232 Å². The molecule has 1 amide bonds. The van der Waals surface area contributed by atoms with Crippen molar-refractivity contribution in [1.82, 2.24) is 5.32 Å². The third-order valence-electron chi connectivity index (χ3n) is 6.15. The quantitative estimate of drug-likeness (QED) is 0.124. The van der Waals surface area contributed by atoms with Gasteiger partial charge in [-0.25, -0.2) is 4.39 Å². The summed E-state index contributed by atoms with van der Waals surface area (Å²) in [5.41, 5.74) is 4.08. The van der Waals surface area contributed by atoms with Gasteiger partial charge in [-0.3, -0.25) is 9.79 Å². The molecule has 216 valence electrons. The van der Waals surface area contributed by atoms with Crippen molar-refractivity contribution in [3.05, 3.63) is 113 Å². The van der Waals surface area contributed by atoms with Crippen LogP contribution in [0.15, 0.2) is 89.6 Å².